The maximum atomic E-state index is 12.9. The number of rotatable bonds is 4. The van der Waals surface area contributed by atoms with Crippen molar-refractivity contribution in [3.05, 3.63) is 65.7 Å². The normalized spacial score (nSPS) is 14.2. The van der Waals surface area contributed by atoms with Gasteiger partial charge in [0, 0.05) is 6.20 Å². The van der Waals surface area contributed by atoms with Crippen LogP contribution in [-0.4, -0.2) is 16.6 Å². The van der Waals surface area contributed by atoms with Gasteiger partial charge in [-0.05, 0) is 42.8 Å². The third-order valence-corrected chi connectivity index (χ3v) is 2.92. The Hall–Kier alpha value is -1.78. The van der Waals surface area contributed by atoms with Gasteiger partial charge in [0.25, 0.3) is 0 Å². The molecule has 94 valence electrons. The van der Waals surface area contributed by atoms with Gasteiger partial charge < -0.3 is 10.8 Å². The Balaban J connectivity index is 2.47. The van der Waals surface area contributed by atoms with E-state index >= 15 is 0 Å². The van der Waals surface area contributed by atoms with Crippen molar-refractivity contribution >= 4 is 0 Å². The Morgan fingerprint density at radius 1 is 1.17 bits per heavy atom. The van der Waals surface area contributed by atoms with Crippen molar-refractivity contribution in [2.45, 2.75) is 12.0 Å². The molecule has 2 aromatic rings. The lowest BCUT2D eigenvalue weighted by molar-refractivity contribution is 0.0691. The molecule has 0 unspecified atom stereocenters. The number of nitrogens with zero attached hydrogens (tertiary/aromatic N) is 1. The Kier molecular flexibility index (Phi) is 3.69. The smallest absolute Gasteiger partial charge is 0.133 e. The van der Waals surface area contributed by atoms with E-state index in [1.807, 2.05) is 0 Å². The predicted molar refractivity (Wildman–Crippen MR) is 67.3 cm³/mol. The van der Waals surface area contributed by atoms with Gasteiger partial charge >= 0.3 is 0 Å². The van der Waals surface area contributed by atoms with E-state index in [1.54, 1.807) is 36.5 Å². The molecule has 2 rings (SSSR count). The number of hydrogen-bond acceptors (Lipinski definition) is 3. The van der Waals surface area contributed by atoms with Gasteiger partial charge in [0.15, 0.2) is 0 Å². The first-order valence-corrected chi connectivity index (χ1v) is 5.77. The van der Waals surface area contributed by atoms with Gasteiger partial charge in [0.1, 0.15) is 11.4 Å². The summed E-state index contributed by atoms with van der Waals surface area (Å²) < 4.78 is 12.9. The molecule has 0 bridgehead atoms. The van der Waals surface area contributed by atoms with E-state index in [4.69, 9.17) is 5.73 Å². The zero-order valence-corrected chi connectivity index (χ0v) is 9.88. The molecule has 0 spiro atoms. The van der Waals surface area contributed by atoms with Crippen molar-refractivity contribution in [2.75, 3.05) is 6.54 Å². The third-order valence-electron chi connectivity index (χ3n) is 2.92. The lowest BCUT2D eigenvalue weighted by atomic mass is 9.87. The van der Waals surface area contributed by atoms with Gasteiger partial charge in [-0.25, -0.2) is 4.39 Å². The molecule has 0 radical (unpaired) electrons. The summed E-state index contributed by atoms with van der Waals surface area (Å²) in [5.74, 6) is -0.338. The van der Waals surface area contributed by atoms with Gasteiger partial charge in [0.2, 0.25) is 0 Å². The van der Waals surface area contributed by atoms with Crippen LogP contribution < -0.4 is 5.73 Å². The molecule has 0 saturated heterocycles. The summed E-state index contributed by atoms with van der Waals surface area (Å²) >= 11 is 0. The molecular formula is C14H15FN2O. The summed E-state index contributed by atoms with van der Waals surface area (Å²) in [5.41, 5.74) is 5.39. The minimum Gasteiger partial charge on any atom is -0.379 e. The maximum Gasteiger partial charge on any atom is 0.133 e. The summed E-state index contributed by atoms with van der Waals surface area (Å²) in [5, 5.41) is 10.8. The highest BCUT2D eigenvalue weighted by molar-refractivity contribution is 5.32. The number of pyridine rings is 1. The Bertz CT molecular complexity index is 501. The van der Waals surface area contributed by atoms with Crippen LogP contribution in [0, 0.1) is 5.82 Å². The maximum absolute atomic E-state index is 12.9. The zero-order chi connectivity index (χ0) is 13.0. The second-order valence-corrected chi connectivity index (χ2v) is 4.12. The van der Waals surface area contributed by atoms with Crippen molar-refractivity contribution in [3.63, 3.8) is 0 Å². The molecule has 0 aliphatic carbocycles. The largest absolute Gasteiger partial charge is 0.379 e. The molecule has 0 amide bonds. The topological polar surface area (TPSA) is 59.1 Å². The molecule has 1 heterocycles. The van der Waals surface area contributed by atoms with Crippen molar-refractivity contribution in [2.24, 2.45) is 5.73 Å². The average molecular weight is 246 g/mol. The minimum atomic E-state index is -1.27. The molecule has 0 saturated carbocycles. The lowest BCUT2D eigenvalue weighted by Crippen LogP contribution is -2.31. The van der Waals surface area contributed by atoms with Gasteiger partial charge in [-0.1, -0.05) is 18.2 Å². The first-order valence-electron chi connectivity index (χ1n) is 5.77. The lowest BCUT2D eigenvalue weighted by Gasteiger charge is -2.27. The Morgan fingerprint density at radius 2 is 1.89 bits per heavy atom. The van der Waals surface area contributed by atoms with Crippen LogP contribution in [0.4, 0.5) is 4.39 Å². The van der Waals surface area contributed by atoms with Gasteiger partial charge in [-0.3, -0.25) is 4.98 Å². The van der Waals surface area contributed by atoms with Crippen LogP contribution in [-0.2, 0) is 5.60 Å². The first kappa shape index (κ1) is 12.7. The van der Waals surface area contributed by atoms with Crippen LogP contribution in [0.25, 0.3) is 0 Å². The standard InChI is InChI=1S/C14H15FN2O/c15-12-6-4-11(5-7-12)14(18,8-9-16)13-3-1-2-10-17-13/h1-7,10,18H,8-9,16H2/t14-/m1/s1. The number of benzene rings is 1. The van der Waals surface area contributed by atoms with Crippen molar-refractivity contribution in [3.8, 4) is 0 Å². The number of aromatic nitrogens is 1. The van der Waals surface area contributed by atoms with E-state index in [2.05, 4.69) is 4.98 Å². The van der Waals surface area contributed by atoms with E-state index < -0.39 is 5.60 Å². The Morgan fingerprint density at radius 3 is 2.44 bits per heavy atom. The van der Waals surface area contributed by atoms with Crippen molar-refractivity contribution in [1.82, 2.24) is 4.98 Å². The molecule has 0 aliphatic rings. The second kappa shape index (κ2) is 5.25. The zero-order valence-electron chi connectivity index (χ0n) is 9.88. The van der Waals surface area contributed by atoms with E-state index in [0.717, 1.165) is 0 Å². The minimum absolute atomic E-state index is 0.310. The summed E-state index contributed by atoms with van der Waals surface area (Å²) in [7, 11) is 0. The first-order chi connectivity index (χ1) is 8.66. The highest BCUT2D eigenvalue weighted by Crippen LogP contribution is 2.31. The number of aliphatic hydroxyl groups is 1. The SMILES string of the molecule is NCC[C@@](O)(c1ccc(F)cc1)c1ccccn1. The molecule has 3 N–H and O–H groups in total. The molecule has 3 nitrogen and oxygen atoms in total. The molecule has 18 heavy (non-hydrogen) atoms. The second-order valence-electron chi connectivity index (χ2n) is 4.12. The van der Waals surface area contributed by atoms with Crippen LogP contribution >= 0.6 is 0 Å². The number of hydrogen-bond donors (Lipinski definition) is 2. The number of halogens is 1. The number of nitrogens with two attached hydrogens (primary N) is 1. The quantitative estimate of drug-likeness (QED) is 0.865. The summed E-state index contributed by atoms with van der Waals surface area (Å²) in [6.07, 6.45) is 1.94. The molecule has 0 aliphatic heterocycles. The summed E-state index contributed by atoms with van der Waals surface area (Å²) in [6, 6.07) is 11.1. The van der Waals surface area contributed by atoms with Crippen LogP contribution in [0.1, 0.15) is 17.7 Å². The molecule has 0 fully saturated rings. The fourth-order valence-corrected chi connectivity index (χ4v) is 1.96. The highest BCUT2D eigenvalue weighted by Gasteiger charge is 2.31. The molecule has 1 atom stereocenters. The molecule has 1 aromatic carbocycles. The molecule has 1 aromatic heterocycles. The Labute approximate surface area is 105 Å². The average Bonchev–Trinajstić information content (AvgIpc) is 2.40. The van der Waals surface area contributed by atoms with Crippen LogP contribution in [0.15, 0.2) is 48.7 Å². The van der Waals surface area contributed by atoms with Gasteiger partial charge in [-0.2, -0.15) is 0 Å². The van der Waals surface area contributed by atoms with E-state index in [0.29, 0.717) is 24.2 Å². The van der Waals surface area contributed by atoms with E-state index in [1.165, 1.54) is 12.1 Å². The monoisotopic (exact) mass is 246 g/mol. The van der Waals surface area contributed by atoms with Crippen LogP contribution in [0.5, 0.6) is 0 Å². The summed E-state index contributed by atoms with van der Waals surface area (Å²) in [4.78, 5) is 4.17. The molecular weight excluding hydrogens is 231 g/mol. The van der Waals surface area contributed by atoms with Crippen molar-refractivity contribution in [1.29, 1.82) is 0 Å². The van der Waals surface area contributed by atoms with Crippen LogP contribution in [0.3, 0.4) is 0 Å². The third kappa shape index (κ3) is 2.39. The van der Waals surface area contributed by atoms with Crippen LogP contribution in [0.2, 0.25) is 0 Å². The fraction of sp³-hybridized carbons (Fsp3) is 0.214. The molecule has 4 heteroatoms. The van der Waals surface area contributed by atoms with Crippen molar-refractivity contribution < 1.29 is 9.50 Å². The predicted octanol–water partition coefficient (Wildman–Crippen LogP) is 1.81. The van der Waals surface area contributed by atoms with E-state index in [-0.39, 0.29) is 5.82 Å². The summed E-state index contributed by atoms with van der Waals surface area (Å²) in [6.45, 7) is 0.310. The van der Waals surface area contributed by atoms with E-state index in [9.17, 15) is 9.50 Å². The fourth-order valence-electron chi connectivity index (χ4n) is 1.96. The van der Waals surface area contributed by atoms with Gasteiger partial charge in [-0.15, -0.1) is 0 Å². The van der Waals surface area contributed by atoms with Gasteiger partial charge in [0.05, 0.1) is 5.69 Å². The highest BCUT2D eigenvalue weighted by atomic mass is 19.1.